The van der Waals surface area contributed by atoms with Crippen LogP contribution in [0.2, 0.25) is 5.02 Å². The fourth-order valence-corrected chi connectivity index (χ4v) is 3.23. The van der Waals surface area contributed by atoms with Crippen LogP contribution in [0, 0.1) is 11.7 Å². The van der Waals surface area contributed by atoms with Crippen molar-refractivity contribution < 1.29 is 18.7 Å². The molecule has 0 atom stereocenters. The molecule has 1 N–H and O–H groups in total. The largest absolute Gasteiger partial charge is 0.415 e. The highest BCUT2D eigenvalue weighted by molar-refractivity contribution is 6.33. The highest BCUT2D eigenvalue weighted by Crippen LogP contribution is 2.20. The monoisotopic (exact) mass is 390 g/mol. The number of hydrogen-bond donors (Lipinski definition) is 1. The predicted molar refractivity (Wildman–Crippen MR) is 101 cm³/mol. The Kier molecular flexibility index (Phi) is 6.29. The fraction of sp³-hybridized carbons (Fsp3) is 0.300. The zero-order valence-electron chi connectivity index (χ0n) is 14.7. The van der Waals surface area contributed by atoms with Crippen LogP contribution >= 0.6 is 11.6 Å². The van der Waals surface area contributed by atoms with Gasteiger partial charge in [-0.2, -0.15) is 0 Å². The Morgan fingerprint density at radius 3 is 2.52 bits per heavy atom. The lowest BCUT2D eigenvalue weighted by molar-refractivity contribution is 0.0931. The second kappa shape index (κ2) is 8.86. The van der Waals surface area contributed by atoms with Crippen LogP contribution in [0.25, 0.3) is 0 Å². The van der Waals surface area contributed by atoms with Gasteiger partial charge in [0.15, 0.2) is 0 Å². The number of carbonyl (C=O) groups excluding carboxylic acids is 2. The van der Waals surface area contributed by atoms with E-state index in [9.17, 15) is 14.0 Å². The Hall–Kier alpha value is -2.60. The van der Waals surface area contributed by atoms with E-state index in [-0.39, 0.29) is 28.5 Å². The SMILES string of the molecule is O=C(NCC1CCN(C(=O)Oc2ccccc2)CC1)c1ccc(F)cc1Cl. The molecule has 0 aliphatic carbocycles. The molecule has 142 valence electrons. The molecule has 27 heavy (non-hydrogen) atoms. The standard InChI is InChI=1S/C20H20ClFN2O3/c21-18-12-15(22)6-7-17(18)19(25)23-13-14-8-10-24(11-9-14)20(26)27-16-4-2-1-3-5-16/h1-7,12,14H,8-11,13H2,(H,23,25). The van der Waals surface area contributed by atoms with Crippen molar-refractivity contribution in [3.05, 3.63) is 64.9 Å². The first kappa shape index (κ1) is 19.2. The van der Waals surface area contributed by atoms with Crippen LogP contribution in [0.5, 0.6) is 5.75 Å². The molecule has 5 nitrogen and oxygen atoms in total. The predicted octanol–water partition coefficient (Wildman–Crippen LogP) is 4.12. The second-order valence-corrected chi connectivity index (χ2v) is 6.85. The zero-order chi connectivity index (χ0) is 19.2. The van der Waals surface area contributed by atoms with Crippen molar-refractivity contribution in [3.8, 4) is 5.75 Å². The molecule has 0 saturated carbocycles. The molecule has 7 heteroatoms. The molecule has 2 amide bonds. The van der Waals surface area contributed by atoms with E-state index >= 15 is 0 Å². The number of amides is 2. The highest BCUT2D eigenvalue weighted by atomic mass is 35.5. The van der Waals surface area contributed by atoms with Crippen molar-refractivity contribution in [2.45, 2.75) is 12.8 Å². The van der Waals surface area contributed by atoms with E-state index in [1.165, 1.54) is 12.1 Å². The highest BCUT2D eigenvalue weighted by Gasteiger charge is 2.24. The third kappa shape index (κ3) is 5.20. The van der Waals surface area contributed by atoms with Gasteiger partial charge in [-0.15, -0.1) is 0 Å². The maximum absolute atomic E-state index is 13.1. The third-order valence-corrected chi connectivity index (χ3v) is 4.86. The first-order valence-electron chi connectivity index (χ1n) is 8.78. The van der Waals surface area contributed by atoms with E-state index in [2.05, 4.69) is 5.32 Å². The Bertz CT molecular complexity index is 808. The van der Waals surface area contributed by atoms with Gasteiger partial charge < -0.3 is 15.0 Å². The molecule has 0 aromatic heterocycles. The van der Waals surface area contributed by atoms with Crippen LogP contribution in [0.4, 0.5) is 9.18 Å². The van der Waals surface area contributed by atoms with Gasteiger partial charge in [0.05, 0.1) is 10.6 Å². The maximum atomic E-state index is 13.1. The van der Waals surface area contributed by atoms with Gasteiger partial charge in [0.25, 0.3) is 5.91 Å². The van der Waals surface area contributed by atoms with Gasteiger partial charge in [0.2, 0.25) is 0 Å². The number of para-hydroxylation sites is 1. The Balaban J connectivity index is 1.44. The molecule has 1 heterocycles. The van der Waals surface area contributed by atoms with Crippen LogP contribution in [0.15, 0.2) is 48.5 Å². The van der Waals surface area contributed by atoms with Crippen molar-refractivity contribution in [1.82, 2.24) is 10.2 Å². The van der Waals surface area contributed by atoms with E-state index in [4.69, 9.17) is 16.3 Å². The zero-order valence-corrected chi connectivity index (χ0v) is 15.4. The van der Waals surface area contributed by atoms with E-state index in [0.717, 1.165) is 18.9 Å². The van der Waals surface area contributed by atoms with Crippen molar-refractivity contribution in [1.29, 1.82) is 0 Å². The minimum atomic E-state index is -0.480. The van der Waals surface area contributed by atoms with Crippen molar-refractivity contribution in [3.63, 3.8) is 0 Å². The van der Waals surface area contributed by atoms with Gasteiger partial charge in [-0.05, 0) is 49.1 Å². The summed E-state index contributed by atoms with van der Waals surface area (Å²) in [6.07, 6.45) is 1.17. The number of halogens is 2. The summed E-state index contributed by atoms with van der Waals surface area (Å²) in [5, 5.41) is 2.92. The molecule has 1 saturated heterocycles. The summed E-state index contributed by atoms with van der Waals surface area (Å²) in [5.74, 6) is -0.0285. The lowest BCUT2D eigenvalue weighted by Crippen LogP contribution is -2.42. The second-order valence-electron chi connectivity index (χ2n) is 6.45. The first-order valence-corrected chi connectivity index (χ1v) is 9.16. The van der Waals surface area contributed by atoms with Gasteiger partial charge in [-0.1, -0.05) is 29.8 Å². The van der Waals surface area contributed by atoms with Gasteiger partial charge in [-0.25, -0.2) is 9.18 Å². The molecule has 1 aliphatic rings. The van der Waals surface area contributed by atoms with Crippen LogP contribution in [-0.4, -0.2) is 36.5 Å². The average molecular weight is 391 g/mol. The Morgan fingerprint density at radius 1 is 1.15 bits per heavy atom. The minimum Gasteiger partial charge on any atom is -0.410 e. The summed E-state index contributed by atoms with van der Waals surface area (Å²) < 4.78 is 18.4. The lowest BCUT2D eigenvalue weighted by Gasteiger charge is -2.31. The molecule has 0 spiro atoms. The van der Waals surface area contributed by atoms with Crippen LogP contribution < -0.4 is 10.1 Å². The summed E-state index contributed by atoms with van der Waals surface area (Å²) in [6.45, 7) is 1.63. The summed E-state index contributed by atoms with van der Waals surface area (Å²) in [7, 11) is 0. The minimum absolute atomic E-state index is 0.0889. The van der Waals surface area contributed by atoms with Crippen molar-refractivity contribution >= 4 is 23.6 Å². The summed E-state index contributed by atoms with van der Waals surface area (Å²) in [5.41, 5.74) is 0.252. The molecule has 0 unspecified atom stereocenters. The fourth-order valence-electron chi connectivity index (χ4n) is 2.98. The van der Waals surface area contributed by atoms with Crippen LogP contribution in [-0.2, 0) is 0 Å². The van der Waals surface area contributed by atoms with Crippen LogP contribution in [0.3, 0.4) is 0 Å². The van der Waals surface area contributed by atoms with Crippen molar-refractivity contribution in [2.24, 2.45) is 5.92 Å². The molecule has 1 fully saturated rings. The molecular weight excluding hydrogens is 371 g/mol. The topological polar surface area (TPSA) is 58.6 Å². The molecule has 1 aliphatic heterocycles. The summed E-state index contributed by atoms with van der Waals surface area (Å²) >= 11 is 5.91. The van der Waals surface area contributed by atoms with Gasteiger partial charge >= 0.3 is 6.09 Å². The van der Waals surface area contributed by atoms with Crippen molar-refractivity contribution in [2.75, 3.05) is 19.6 Å². The number of ether oxygens (including phenoxy) is 1. The number of nitrogens with zero attached hydrogens (tertiary/aromatic N) is 1. The van der Waals surface area contributed by atoms with Gasteiger partial charge in [-0.3, -0.25) is 4.79 Å². The van der Waals surface area contributed by atoms with Crippen LogP contribution in [0.1, 0.15) is 23.2 Å². The molecule has 0 bridgehead atoms. The number of rotatable bonds is 4. The number of likely N-dealkylation sites (tertiary alicyclic amines) is 1. The maximum Gasteiger partial charge on any atom is 0.415 e. The lowest BCUT2D eigenvalue weighted by atomic mass is 9.97. The number of hydrogen-bond acceptors (Lipinski definition) is 3. The number of benzene rings is 2. The normalized spacial score (nSPS) is 14.7. The van der Waals surface area contributed by atoms with E-state index < -0.39 is 5.82 Å². The first-order chi connectivity index (χ1) is 13.0. The molecule has 2 aromatic carbocycles. The Morgan fingerprint density at radius 2 is 1.85 bits per heavy atom. The smallest absolute Gasteiger partial charge is 0.410 e. The molecule has 3 rings (SSSR count). The average Bonchev–Trinajstić information content (AvgIpc) is 2.67. The van der Waals surface area contributed by atoms with E-state index in [1.54, 1.807) is 17.0 Å². The molecule has 0 radical (unpaired) electrons. The number of piperidine rings is 1. The number of nitrogens with one attached hydrogen (secondary N) is 1. The van der Waals surface area contributed by atoms with Gasteiger partial charge in [0.1, 0.15) is 11.6 Å². The number of carbonyl (C=O) groups is 2. The Labute approximate surface area is 162 Å². The summed E-state index contributed by atoms with van der Waals surface area (Å²) in [4.78, 5) is 26.0. The molecule has 2 aromatic rings. The quantitative estimate of drug-likeness (QED) is 0.854. The summed E-state index contributed by atoms with van der Waals surface area (Å²) in [6, 6.07) is 12.6. The van der Waals surface area contributed by atoms with Gasteiger partial charge in [0, 0.05) is 19.6 Å². The van der Waals surface area contributed by atoms with E-state index in [1.807, 2.05) is 18.2 Å². The van der Waals surface area contributed by atoms with E-state index in [0.29, 0.717) is 25.4 Å². The third-order valence-electron chi connectivity index (χ3n) is 4.55. The molecular formula is C20H20ClFN2O3.